The Bertz CT molecular complexity index is 433. The highest BCUT2D eigenvalue weighted by atomic mass is 14.4. The first-order valence-corrected chi connectivity index (χ1v) is 17.0. The summed E-state index contributed by atoms with van der Waals surface area (Å²) in [6, 6.07) is 0. The minimum atomic E-state index is 1.00. The van der Waals surface area contributed by atoms with E-state index in [0.29, 0.717) is 0 Å². The average molecular weight is 491 g/mol. The van der Waals surface area contributed by atoms with E-state index in [-0.39, 0.29) is 0 Å². The smallest absolute Gasteiger partial charge is 0.0381 e. The second kappa shape index (κ2) is 20.0. The van der Waals surface area contributed by atoms with E-state index in [1.54, 1.807) is 44.9 Å². The average Bonchev–Trinajstić information content (AvgIpc) is 3.66. The molecule has 0 aliphatic heterocycles. The fraction of sp³-hybridized carbons (Fsp3) is 1.00. The third-order valence-corrected chi connectivity index (χ3v) is 9.87. The highest BCUT2D eigenvalue weighted by molar-refractivity contribution is 4.87. The lowest BCUT2D eigenvalue weighted by Gasteiger charge is -2.35. The number of hydrogen-bond acceptors (Lipinski definition) is 0. The van der Waals surface area contributed by atoms with Crippen LogP contribution in [-0.2, 0) is 0 Å². The summed E-state index contributed by atoms with van der Waals surface area (Å²) in [6.45, 7) is 17.8. The van der Waals surface area contributed by atoms with Crippen LogP contribution in [0, 0.1) is 47.3 Å². The van der Waals surface area contributed by atoms with Crippen molar-refractivity contribution < 1.29 is 0 Å². The summed E-state index contributed by atoms with van der Waals surface area (Å²) in [4.78, 5) is 0. The Morgan fingerprint density at radius 1 is 0.286 bits per heavy atom. The fourth-order valence-corrected chi connectivity index (χ4v) is 7.48. The van der Waals surface area contributed by atoms with Gasteiger partial charge in [0.25, 0.3) is 0 Å². The summed E-state index contributed by atoms with van der Waals surface area (Å²) >= 11 is 0. The lowest BCUT2D eigenvalue weighted by Crippen LogP contribution is -2.24. The molecule has 0 spiro atoms. The molecule has 4 saturated carbocycles. The molecular formula is C35H70. The molecule has 0 aromatic carbocycles. The minimum absolute atomic E-state index is 1.00. The van der Waals surface area contributed by atoms with Crippen LogP contribution in [0.2, 0.25) is 0 Å². The highest BCUT2D eigenvalue weighted by Gasteiger charge is 2.36. The van der Waals surface area contributed by atoms with Gasteiger partial charge >= 0.3 is 0 Å². The van der Waals surface area contributed by atoms with Crippen molar-refractivity contribution in [2.75, 3.05) is 0 Å². The summed E-state index contributed by atoms with van der Waals surface area (Å²) in [7, 11) is 0. The zero-order valence-electron chi connectivity index (χ0n) is 26.1. The second-order valence-corrected chi connectivity index (χ2v) is 13.2. The van der Waals surface area contributed by atoms with Crippen molar-refractivity contribution in [2.45, 2.75) is 177 Å². The highest BCUT2D eigenvalue weighted by Crippen LogP contribution is 2.47. The molecule has 0 radical (unpaired) electrons. The van der Waals surface area contributed by atoms with Crippen LogP contribution in [0.1, 0.15) is 177 Å². The summed E-state index contributed by atoms with van der Waals surface area (Å²) in [5, 5.41) is 0. The van der Waals surface area contributed by atoms with Crippen LogP contribution in [0.5, 0.6) is 0 Å². The quantitative estimate of drug-likeness (QED) is 0.361. The SMILES string of the molecule is CC.CC.CC1CCCC(C)CCC1.CC1CCCC(C2CCCC(C)CC(C3CC3)C2)CCC1. The van der Waals surface area contributed by atoms with Crippen molar-refractivity contribution in [3.05, 3.63) is 0 Å². The lowest BCUT2D eigenvalue weighted by atomic mass is 9.70. The van der Waals surface area contributed by atoms with E-state index in [2.05, 4.69) is 27.7 Å². The van der Waals surface area contributed by atoms with Crippen molar-refractivity contribution in [2.24, 2.45) is 47.3 Å². The van der Waals surface area contributed by atoms with E-state index >= 15 is 0 Å². The standard InChI is InChI=1S/C21H38.C10H20.2C2H6/c1-16-6-3-9-18(10-4-7-16)20-11-5-8-17(2)14-21(15-20)19-12-13-19;1-9-5-3-7-10(2)8-4-6-9;2*1-2/h16-21H,3-15H2,1-2H3;9-10H,3-8H2,1-2H3;2*1-2H3. The van der Waals surface area contributed by atoms with Crippen molar-refractivity contribution in [3.8, 4) is 0 Å². The van der Waals surface area contributed by atoms with Crippen LogP contribution in [-0.4, -0.2) is 0 Å². The lowest BCUT2D eigenvalue weighted by molar-refractivity contribution is 0.158. The van der Waals surface area contributed by atoms with E-state index in [4.69, 9.17) is 0 Å². The van der Waals surface area contributed by atoms with Crippen LogP contribution in [0.3, 0.4) is 0 Å². The van der Waals surface area contributed by atoms with Crippen LogP contribution in [0.15, 0.2) is 0 Å². The van der Waals surface area contributed by atoms with E-state index in [9.17, 15) is 0 Å². The molecule has 4 fully saturated rings. The summed E-state index contributed by atoms with van der Waals surface area (Å²) in [6.07, 6.45) is 28.9. The Kier molecular flexibility index (Phi) is 18.9. The van der Waals surface area contributed by atoms with Crippen molar-refractivity contribution in [1.82, 2.24) is 0 Å². The normalized spacial score (nSPS) is 36.9. The van der Waals surface area contributed by atoms with Crippen LogP contribution >= 0.6 is 0 Å². The fourth-order valence-electron chi connectivity index (χ4n) is 7.48. The molecule has 0 nitrogen and oxygen atoms in total. The molecule has 0 saturated heterocycles. The molecule has 0 heterocycles. The van der Waals surface area contributed by atoms with Gasteiger partial charge in [0.2, 0.25) is 0 Å². The maximum absolute atomic E-state index is 2.52. The molecule has 35 heavy (non-hydrogen) atoms. The largest absolute Gasteiger partial charge is 0.0683 e. The molecular weight excluding hydrogens is 420 g/mol. The summed E-state index contributed by atoms with van der Waals surface area (Å²) in [5.74, 6) is 8.46. The van der Waals surface area contributed by atoms with Crippen molar-refractivity contribution in [3.63, 3.8) is 0 Å². The maximum Gasteiger partial charge on any atom is -0.0381 e. The topological polar surface area (TPSA) is 0 Å². The molecule has 0 N–H and O–H groups in total. The van der Waals surface area contributed by atoms with E-state index in [1.807, 2.05) is 27.7 Å². The molecule has 210 valence electrons. The van der Waals surface area contributed by atoms with Crippen molar-refractivity contribution in [1.29, 1.82) is 0 Å². The Morgan fingerprint density at radius 2 is 0.600 bits per heavy atom. The monoisotopic (exact) mass is 491 g/mol. The molecule has 4 rings (SSSR count). The van der Waals surface area contributed by atoms with Gasteiger partial charge in [-0.05, 0) is 73.0 Å². The third-order valence-electron chi connectivity index (χ3n) is 9.87. The van der Waals surface area contributed by atoms with Gasteiger partial charge in [0.1, 0.15) is 0 Å². The molecule has 0 aromatic heterocycles. The molecule has 4 aliphatic carbocycles. The van der Waals surface area contributed by atoms with Gasteiger partial charge < -0.3 is 0 Å². The van der Waals surface area contributed by atoms with Gasteiger partial charge in [0.05, 0.1) is 0 Å². The summed E-state index contributed by atoms with van der Waals surface area (Å²) in [5.41, 5.74) is 0. The van der Waals surface area contributed by atoms with Crippen LogP contribution in [0.25, 0.3) is 0 Å². The van der Waals surface area contributed by atoms with Gasteiger partial charge in [-0.3, -0.25) is 0 Å². The predicted molar refractivity (Wildman–Crippen MR) is 161 cm³/mol. The maximum atomic E-state index is 2.52. The molecule has 4 aliphatic rings. The molecule has 0 amide bonds. The molecule has 0 bridgehead atoms. The van der Waals surface area contributed by atoms with Gasteiger partial charge in [-0.25, -0.2) is 0 Å². The van der Waals surface area contributed by atoms with Crippen molar-refractivity contribution >= 4 is 0 Å². The first kappa shape index (κ1) is 33.0. The van der Waals surface area contributed by atoms with Gasteiger partial charge in [0, 0.05) is 0 Å². The molecule has 0 aromatic rings. The number of rotatable bonds is 2. The van der Waals surface area contributed by atoms with Gasteiger partial charge in [0.15, 0.2) is 0 Å². The zero-order valence-corrected chi connectivity index (χ0v) is 26.1. The Hall–Kier alpha value is 0. The van der Waals surface area contributed by atoms with E-state index < -0.39 is 0 Å². The second-order valence-electron chi connectivity index (χ2n) is 13.2. The van der Waals surface area contributed by atoms with Crippen LogP contribution < -0.4 is 0 Å². The summed E-state index contributed by atoms with van der Waals surface area (Å²) < 4.78 is 0. The van der Waals surface area contributed by atoms with Gasteiger partial charge in [-0.15, -0.1) is 0 Å². The number of hydrogen-bond donors (Lipinski definition) is 0. The predicted octanol–water partition coefficient (Wildman–Crippen LogP) is 12.5. The Morgan fingerprint density at radius 3 is 1.00 bits per heavy atom. The van der Waals surface area contributed by atoms with E-state index in [0.717, 1.165) is 47.3 Å². The molecule has 3 unspecified atom stereocenters. The van der Waals surface area contributed by atoms with E-state index in [1.165, 1.54) is 77.0 Å². The minimum Gasteiger partial charge on any atom is -0.0683 e. The van der Waals surface area contributed by atoms with Crippen LogP contribution in [0.4, 0.5) is 0 Å². The first-order chi connectivity index (χ1) is 17.0. The van der Waals surface area contributed by atoms with Gasteiger partial charge in [-0.2, -0.15) is 0 Å². The molecule has 0 heteroatoms. The zero-order chi connectivity index (χ0) is 26.1. The Labute approximate surface area is 224 Å². The van der Waals surface area contributed by atoms with Gasteiger partial charge in [-0.1, -0.05) is 152 Å². The third kappa shape index (κ3) is 14.5. The Balaban J connectivity index is 0.000000368. The molecule has 3 atom stereocenters. The first-order valence-electron chi connectivity index (χ1n) is 17.0.